The molecule has 0 aromatic heterocycles. The van der Waals surface area contributed by atoms with Gasteiger partial charge in [0.25, 0.3) is 5.91 Å². The van der Waals surface area contributed by atoms with Crippen molar-refractivity contribution in [1.29, 1.82) is 0 Å². The molecule has 6 nitrogen and oxygen atoms in total. The molecule has 1 amide bonds. The van der Waals surface area contributed by atoms with Gasteiger partial charge in [0.2, 0.25) is 0 Å². The van der Waals surface area contributed by atoms with Crippen LogP contribution in [0.1, 0.15) is 30.1 Å². The summed E-state index contributed by atoms with van der Waals surface area (Å²) in [5.41, 5.74) is 0.150. The summed E-state index contributed by atoms with van der Waals surface area (Å²) in [7, 11) is 0. The minimum Gasteiger partial charge on any atom is -0.475 e. The summed E-state index contributed by atoms with van der Waals surface area (Å²) in [6.07, 6.45) is -3.08. The van der Waals surface area contributed by atoms with E-state index in [0.29, 0.717) is 19.7 Å². The van der Waals surface area contributed by atoms with E-state index in [0.717, 1.165) is 39.1 Å². The highest BCUT2D eigenvalue weighted by molar-refractivity contribution is 5.94. The summed E-state index contributed by atoms with van der Waals surface area (Å²) in [5.74, 6) is -3.40. The topological polar surface area (TPSA) is 70.1 Å². The van der Waals surface area contributed by atoms with Gasteiger partial charge in [-0.05, 0) is 31.5 Å². The maximum absolute atomic E-state index is 13.9. The van der Waals surface area contributed by atoms with Gasteiger partial charge in [-0.15, -0.1) is 0 Å². The smallest absolute Gasteiger partial charge is 0.475 e. The summed E-state index contributed by atoms with van der Waals surface area (Å²) >= 11 is 0. The maximum atomic E-state index is 13.9. The Morgan fingerprint density at radius 3 is 2.47 bits per heavy atom. The van der Waals surface area contributed by atoms with E-state index in [1.807, 2.05) is 4.90 Å². The van der Waals surface area contributed by atoms with Gasteiger partial charge in [-0.1, -0.05) is 19.1 Å². The average molecular weight is 434 g/mol. The van der Waals surface area contributed by atoms with Crippen molar-refractivity contribution < 1.29 is 37.0 Å². The van der Waals surface area contributed by atoms with Gasteiger partial charge in [-0.3, -0.25) is 4.79 Å². The maximum Gasteiger partial charge on any atom is 0.490 e. The number of carbonyl (C=O) groups excluding carboxylic acids is 1. The molecule has 10 heteroatoms. The fourth-order valence-corrected chi connectivity index (χ4v) is 3.78. The predicted octanol–water partition coefficient (Wildman–Crippen LogP) is 3.03. The first-order valence-corrected chi connectivity index (χ1v) is 9.72. The number of amides is 1. The molecule has 1 unspecified atom stereocenters. The number of ether oxygens (including phenoxy) is 1. The number of nitrogens with zero attached hydrogens (tertiary/aromatic N) is 2. The van der Waals surface area contributed by atoms with Gasteiger partial charge in [0, 0.05) is 31.6 Å². The van der Waals surface area contributed by atoms with Crippen LogP contribution in [-0.2, 0) is 9.53 Å². The lowest BCUT2D eigenvalue weighted by atomic mass is 9.80. The van der Waals surface area contributed by atoms with E-state index in [1.54, 1.807) is 18.2 Å². The number of likely N-dealkylation sites (tertiary alicyclic amines) is 1. The van der Waals surface area contributed by atoms with Crippen LogP contribution in [0, 0.1) is 11.2 Å². The first kappa shape index (κ1) is 24.1. The van der Waals surface area contributed by atoms with Crippen LogP contribution in [0.5, 0.6) is 0 Å². The van der Waals surface area contributed by atoms with Crippen LogP contribution in [0.15, 0.2) is 24.3 Å². The summed E-state index contributed by atoms with van der Waals surface area (Å²) in [6.45, 7) is 7.82. The molecule has 168 valence electrons. The number of alkyl halides is 3. The monoisotopic (exact) mass is 434 g/mol. The van der Waals surface area contributed by atoms with Gasteiger partial charge in [-0.2, -0.15) is 13.2 Å². The number of benzene rings is 1. The van der Waals surface area contributed by atoms with Crippen molar-refractivity contribution in [2.75, 3.05) is 45.9 Å². The molecule has 1 aromatic carbocycles. The van der Waals surface area contributed by atoms with Crippen molar-refractivity contribution in [3.63, 3.8) is 0 Å². The lowest BCUT2D eigenvalue weighted by Gasteiger charge is -2.43. The Hall–Kier alpha value is -2.20. The number of rotatable bonds is 2. The van der Waals surface area contributed by atoms with Crippen LogP contribution in [0.25, 0.3) is 0 Å². The first-order chi connectivity index (χ1) is 14.1. The number of likely N-dealkylation sites (N-methyl/N-ethyl adjacent to an activating group) is 1. The van der Waals surface area contributed by atoms with Gasteiger partial charge < -0.3 is 19.6 Å². The third-order valence-electron chi connectivity index (χ3n) is 5.26. The number of piperidine rings is 1. The molecule has 0 aliphatic carbocycles. The van der Waals surface area contributed by atoms with Crippen molar-refractivity contribution in [1.82, 2.24) is 9.80 Å². The zero-order chi connectivity index (χ0) is 22.4. The Morgan fingerprint density at radius 1 is 1.20 bits per heavy atom. The third kappa shape index (κ3) is 6.40. The van der Waals surface area contributed by atoms with E-state index >= 15 is 0 Å². The lowest BCUT2D eigenvalue weighted by molar-refractivity contribution is -0.192. The zero-order valence-electron chi connectivity index (χ0n) is 16.8. The first-order valence-electron chi connectivity index (χ1n) is 9.72. The number of aliphatic carboxylic acids is 1. The second-order valence-electron chi connectivity index (χ2n) is 7.53. The van der Waals surface area contributed by atoms with E-state index in [4.69, 9.17) is 14.6 Å². The number of halogens is 4. The molecule has 1 aromatic rings. The normalized spacial score (nSPS) is 22.8. The molecule has 2 heterocycles. The van der Waals surface area contributed by atoms with E-state index in [-0.39, 0.29) is 16.9 Å². The quantitative estimate of drug-likeness (QED) is 0.725. The summed E-state index contributed by atoms with van der Waals surface area (Å²) in [4.78, 5) is 25.8. The molecule has 3 rings (SSSR count). The molecule has 1 atom stereocenters. The van der Waals surface area contributed by atoms with Crippen LogP contribution in [0.4, 0.5) is 17.6 Å². The lowest BCUT2D eigenvalue weighted by Crippen LogP contribution is -2.52. The molecular formula is C20H26F4N2O4. The minimum absolute atomic E-state index is 0.0221. The summed E-state index contributed by atoms with van der Waals surface area (Å²) < 4.78 is 51.5. The van der Waals surface area contributed by atoms with Crippen LogP contribution in [0.2, 0.25) is 0 Å². The number of hydrogen-bond donors (Lipinski definition) is 1. The third-order valence-corrected chi connectivity index (χ3v) is 5.26. The van der Waals surface area contributed by atoms with Crippen molar-refractivity contribution in [2.45, 2.75) is 25.9 Å². The molecule has 0 bridgehead atoms. The molecular weight excluding hydrogens is 408 g/mol. The van der Waals surface area contributed by atoms with E-state index in [1.165, 1.54) is 6.07 Å². The molecule has 2 aliphatic rings. The van der Waals surface area contributed by atoms with Gasteiger partial charge in [0.1, 0.15) is 5.82 Å². The molecule has 1 N–H and O–H groups in total. The Balaban J connectivity index is 0.000000396. The molecule has 2 saturated heterocycles. The molecule has 1 spiro atoms. The van der Waals surface area contributed by atoms with Crippen LogP contribution in [0.3, 0.4) is 0 Å². The predicted molar refractivity (Wildman–Crippen MR) is 101 cm³/mol. The fourth-order valence-electron chi connectivity index (χ4n) is 3.78. The minimum atomic E-state index is -5.08. The second kappa shape index (κ2) is 10.2. The number of carbonyl (C=O) groups is 2. The van der Waals surface area contributed by atoms with Gasteiger partial charge in [0.15, 0.2) is 0 Å². The molecule has 30 heavy (non-hydrogen) atoms. The molecule has 0 saturated carbocycles. The summed E-state index contributed by atoms with van der Waals surface area (Å²) in [6, 6.07) is 6.24. The van der Waals surface area contributed by atoms with Crippen molar-refractivity contribution in [3.8, 4) is 0 Å². The molecule has 2 fully saturated rings. The van der Waals surface area contributed by atoms with Gasteiger partial charge >= 0.3 is 12.1 Å². The Bertz CT molecular complexity index is 744. The largest absolute Gasteiger partial charge is 0.490 e. The highest BCUT2D eigenvalue weighted by Gasteiger charge is 2.40. The average Bonchev–Trinajstić information content (AvgIpc) is 2.89. The van der Waals surface area contributed by atoms with E-state index in [2.05, 4.69) is 11.8 Å². The van der Waals surface area contributed by atoms with Crippen LogP contribution in [-0.4, -0.2) is 78.9 Å². The van der Waals surface area contributed by atoms with E-state index < -0.39 is 18.0 Å². The van der Waals surface area contributed by atoms with E-state index in [9.17, 15) is 22.4 Å². The van der Waals surface area contributed by atoms with Crippen LogP contribution >= 0.6 is 0 Å². The number of hydrogen-bond acceptors (Lipinski definition) is 4. The highest BCUT2D eigenvalue weighted by Crippen LogP contribution is 2.33. The Labute approximate surface area is 172 Å². The SMILES string of the molecule is CCN1CCOCC2(CCCN(C(=O)c3ccccc3F)C2)C1.O=C(O)C(F)(F)F. The summed E-state index contributed by atoms with van der Waals surface area (Å²) in [5, 5.41) is 7.12. The Kier molecular flexibility index (Phi) is 8.19. The number of carboxylic acids is 1. The van der Waals surface area contributed by atoms with Gasteiger partial charge in [-0.25, -0.2) is 9.18 Å². The van der Waals surface area contributed by atoms with Crippen molar-refractivity contribution >= 4 is 11.9 Å². The standard InChI is InChI=1S/C18H25FN2O2.C2HF3O2/c1-2-20-10-11-23-14-18(12-20)8-5-9-21(13-18)17(22)15-6-3-4-7-16(15)19;3-2(4,5)1(6)7/h3-4,6-7H,2,5,8-14H2,1H3;(H,6,7). The van der Waals surface area contributed by atoms with Crippen molar-refractivity contribution in [3.05, 3.63) is 35.6 Å². The zero-order valence-corrected chi connectivity index (χ0v) is 16.8. The second-order valence-corrected chi connectivity index (χ2v) is 7.53. The number of carboxylic acid groups (broad SMARTS) is 1. The van der Waals surface area contributed by atoms with Gasteiger partial charge in [0.05, 0.1) is 18.8 Å². The fraction of sp³-hybridized carbons (Fsp3) is 0.600. The highest BCUT2D eigenvalue weighted by atomic mass is 19.4. The van der Waals surface area contributed by atoms with Crippen LogP contribution < -0.4 is 0 Å². The Morgan fingerprint density at radius 2 is 1.87 bits per heavy atom. The molecule has 2 aliphatic heterocycles. The molecule has 0 radical (unpaired) electrons. The van der Waals surface area contributed by atoms with Crippen molar-refractivity contribution in [2.24, 2.45) is 5.41 Å².